The number of carbonyl (C=O) groups excluding carboxylic acids is 1. The lowest BCUT2D eigenvalue weighted by molar-refractivity contribution is -0.0980. The lowest BCUT2D eigenvalue weighted by atomic mass is 10.1. The van der Waals surface area contributed by atoms with E-state index in [9.17, 15) is 15.3 Å². The first-order valence-corrected chi connectivity index (χ1v) is 11.9. The van der Waals surface area contributed by atoms with E-state index in [0.717, 1.165) is 29.0 Å². The summed E-state index contributed by atoms with van der Waals surface area (Å²) in [5.74, 6) is 1.93. The van der Waals surface area contributed by atoms with E-state index in [4.69, 9.17) is 14.2 Å². The Balaban J connectivity index is 0.00000117. The summed E-state index contributed by atoms with van der Waals surface area (Å²) in [6, 6.07) is 3.48. The number of aromatic nitrogens is 3. The molecule has 3 aromatic heterocycles. The molecule has 10 nitrogen and oxygen atoms in total. The van der Waals surface area contributed by atoms with Gasteiger partial charge < -0.3 is 35.2 Å². The van der Waals surface area contributed by atoms with Gasteiger partial charge >= 0.3 is 0 Å². The second-order valence-corrected chi connectivity index (χ2v) is 9.47. The van der Waals surface area contributed by atoms with Crippen LogP contribution in [0, 0.1) is 32.6 Å². The third-order valence-electron chi connectivity index (χ3n) is 6.74. The SMILES string of the molecule is C=O.Cc1cc2cc(-c3c(C)nc(NCC4CC4)nc3N[C@@H]3C[C@H](CO)[C@@H](O)[C@H]3O)oc2c(C)n1.Cl. The fourth-order valence-electron chi connectivity index (χ4n) is 4.72. The van der Waals surface area contributed by atoms with Crippen molar-refractivity contribution in [3.63, 3.8) is 0 Å². The maximum Gasteiger partial charge on any atom is 0.224 e. The first kappa shape index (κ1) is 27.8. The highest BCUT2D eigenvalue weighted by Crippen LogP contribution is 2.38. The molecule has 0 aliphatic heterocycles. The number of furan rings is 1. The molecule has 2 saturated carbocycles. The molecule has 36 heavy (non-hydrogen) atoms. The van der Waals surface area contributed by atoms with Crippen molar-refractivity contribution in [2.75, 3.05) is 23.8 Å². The number of anilines is 2. The van der Waals surface area contributed by atoms with E-state index in [1.54, 1.807) is 0 Å². The molecule has 3 aromatic rings. The minimum absolute atomic E-state index is 0. The van der Waals surface area contributed by atoms with Crippen molar-refractivity contribution in [2.24, 2.45) is 11.8 Å². The van der Waals surface area contributed by atoms with Crippen LogP contribution >= 0.6 is 12.4 Å². The molecule has 196 valence electrons. The van der Waals surface area contributed by atoms with Crippen molar-refractivity contribution in [3.05, 3.63) is 29.2 Å². The molecule has 3 heterocycles. The number of rotatable bonds is 7. The number of aliphatic hydroxyl groups excluding tert-OH is 3. The van der Waals surface area contributed by atoms with Crippen LogP contribution in [0.2, 0.25) is 0 Å². The lowest BCUT2D eigenvalue weighted by Gasteiger charge is -2.21. The standard InChI is InChI=1S/C24H31N5O4.CH2O.ClH/c1-11-6-15-8-18(33-22(15)13(3)26-11)19-12(2)27-24(25-9-14-4-5-14)29-23(19)28-17-7-16(10-30)20(31)21(17)32;1-2;/h6,8,14,16-17,20-21,30-32H,4-5,7,9-10H2,1-3H3,(H2,25,27,28,29);1H2;1H/t16-,17-,20-,21+;;/m1../s1. The summed E-state index contributed by atoms with van der Waals surface area (Å²) in [5.41, 5.74) is 3.88. The largest absolute Gasteiger partial charge is 0.454 e. The third kappa shape index (κ3) is 5.62. The summed E-state index contributed by atoms with van der Waals surface area (Å²) >= 11 is 0. The Morgan fingerprint density at radius 3 is 2.42 bits per heavy atom. The molecule has 0 saturated heterocycles. The van der Waals surface area contributed by atoms with Crippen LogP contribution in [-0.4, -0.2) is 68.5 Å². The van der Waals surface area contributed by atoms with Gasteiger partial charge in [0.25, 0.3) is 0 Å². The number of carbonyl (C=O) groups is 1. The number of fused-ring (bicyclic) bond motifs is 1. The molecule has 0 spiro atoms. The Kier molecular flexibility index (Phi) is 8.89. The third-order valence-corrected chi connectivity index (χ3v) is 6.74. The van der Waals surface area contributed by atoms with Gasteiger partial charge in [0, 0.05) is 30.1 Å². The van der Waals surface area contributed by atoms with E-state index in [-0.39, 0.29) is 24.9 Å². The van der Waals surface area contributed by atoms with Crippen molar-refractivity contribution < 1.29 is 24.5 Å². The quantitative estimate of drug-likeness (QED) is 0.315. The van der Waals surface area contributed by atoms with Gasteiger partial charge in [0.15, 0.2) is 5.58 Å². The van der Waals surface area contributed by atoms with Crippen LogP contribution < -0.4 is 10.6 Å². The number of hydrogen-bond donors (Lipinski definition) is 5. The van der Waals surface area contributed by atoms with Gasteiger partial charge in [-0.25, -0.2) is 4.98 Å². The van der Waals surface area contributed by atoms with Gasteiger partial charge in [-0.15, -0.1) is 12.4 Å². The zero-order valence-electron chi connectivity index (χ0n) is 20.7. The predicted octanol–water partition coefficient (Wildman–Crippen LogP) is 2.78. The Bertz CT molecular complexity index is 1200. The van der Waals surface area contributed by atoms with Crippen LogP contribution in [0.4, 0.5) is 11.8 Å². The number of nitrogens with one attached hydrogen (secondary N) is 2. The average molecular weight is 520 g/mol. The molecule has 2 aliphatic rings. The Labute approximate surface area is 216 Å². The summed E-state index contributed by atoms with van der Waals surface area (Å²) < 4.78 is 6.21. The van der Waals surface area contributed by atoms with Crippen molar-refractivity contribution >= 4 is 41.9 Å². The Morgan fingerprint density at radius 1 is 1.06 bits per heavy atom. The van der Waals surface area contributed by atoms with Crippen LogP contribution in [0.5, 0.6) is 0 Å². The maximum absolute atomic E-state index is 10.6. The number of pyridine rings is 1. The second-order valence-electron chi connectivity index (χ2n) is 9.47. The first-order chi connectivity index (χ1) is 16.8. The van der Waals surface area contributed by atoms with E-state index in [0.29, 0.717) is 41.0 Å². The Hall–Kier alpha value is -2.79. The molecule has 0 bridgehead atoms. The van der Waals surface area contributed by atoms with E-state index in [1.165, 1.54) is 12.8 Å². The van der Waals surface area contributed by atoms with Gasteiger partial charge in [-0.3, -0.25) is 4.98 Å². The number of aliphatic hydroxyl groups is 3. The normalized spacial score (nSPS) is 23.1. The van der Waals surface area contributed by atoms with Gasteiger partial charge in [-0.2, -0.15) is 4.98 Å². The zero-order valence-corrected chi connectivity index (χ0v) is 21.5. The van der Waals surface area contributed by atoms with Gasteiger partial charge in [0.05, 0.1) is 29.1 Å². The van der Waals surface area contributed by atoms with E-state index >= 15 is 0 Å². The van der Waals surface area contributed by atoms with Crippen LogP contribution in [0.3, 0.4) is 0 Å². The fraction of sp³-hybridized carbons (Fsp3) is 0.520. The maximum atomic E-state index is 10.6. The monoisotopic (exact) mass is 519 g/mol. The summed E-state index contributed by atoms with van der Waals surface area (Å²) in [6.45, 7) is 8.41. The summed E-state index contributed by atoms with van der Waals surface area (Å²) in [4.78, 5) is 21.9. The van der Waals surface area contributed by atoms with Crippen molar-refractivity contribution in [3.8, 4) is 11.3 Å². The van der Waals surface area contributed by atoms with E-state index < -0.39 is 18.2 Å². The number of nitrogens with zero attached hydrogens (tertiary/aromatic N) is 3. The lowest BCUT2D eigenvalue weighted by Crippen LogP contribution is -2.35. The molecular formula is C25H34ClN5O5. The van der Waals surface area contributed by atoms with Crippen LogP contribution in [0.1, 0.15) is 36.3 Å². The van der Waals surface area contributed by atoms with E-state index in [2.05, 4.69) is 20.6 Å². The summed E-state index contributed by atoms with van der Waals surface area (Å²) in [5, 5.41) is 38.0. The predicted molar refractivity (Wildman–Crippen MR) is 139 cm³/mol. The van der Waals surface area contributed by atoms with Crippen LogP contribution in [0.25, 0.3) is 22.3 Å². The first-order valence-electron chi connectivity index (χ1n) is 11.9. The summed E-state index contributed by atoms with van der Waals surface area (Å²) in [6.07, 6.45) is 0.854. The van der Waals surface area contributed by atoms with Gasteiger partial charge in [-0.05, 0) is 58.1 Å². The van der Waals surface area contributed by atoms with Gasteiger partial charge in [0.1, 0.15) is 24.5 Å². The minimum atomic E-state index is -1.02. The molecule has 0 unspecified atom stereocenters. The van der Waals surface area contributed by atoms with Gasteiger partial charge in [0.2, 0.25) is 5.95 Å². The fourth-order valence-corrected chi connectivity index (χ4v) is 4.72. The molecule has 0 aromatic carbocycles. The van der Waals surface area contributed by atoms with Crippen LogP contribution in [0.15, 0.2) is 16.5 Å². The highest BCUT2D eigenvalue weighted by atomic mass is 35.5. The minimum Gasteiger partial charge on any atom is -0.454 e. The topological polar surface area (TPSA) is 154 Å². The Morgan fingerprint density at radius 2 is 1.78 bits per heavy atom. The molecule has 5 N–H and O–H groups in total. The van der Waals surface area contributed by atoms with Gasteiger partial charge in [-0.1, -0.05) is 0 Å². The summed E-state index contributed by atoms with van der Waals surface area (Å²) in [7, 11) is 0. The second kappa shape index (κ2) is 11.5. The molecule has 11 heteroatoms. The average Bonchev–Trinajstić information content (AvgIpc) is 3.51. The molecule has 5 rings (SSSR count). The smallest absolute Gasteiger partial charge is 0.224 e. The van der Waals surface area contributed by atoms with Crippen molar-refractivity contribution in [1.82, 2.24) is 15.0 Å². The van der Waals surface area contributed by atoms with Crippen LogP contribution in [-0.2, 0) is 4.79 Å². The highest BCUT2D eigenvalue weighted by molar-refractivity contribution is 5.87. The number of halogens is 1. The number of hydrogen-bond acceptors (Lipinski definition) is 10. The molecule has 0 amide bonds. The molecule has 0 radical (unpaired) electrons. The van der Waals surface area contributed by atoms with Crippen molar-refractivity contribution in [2.45, 2.75) is 58.3 Å². The van der Waals surface area contributed by atoms with E-state index in [1.807, 2.05) is 39.7 Å². The van der Waals surface area contributed by atoms with Crippen molar-refractivity contribution in [1.29, 1.82) is 0 Å². The highest BCUT2D eigenvalue weighted by Gasteiger charge is 2.41. The molecular weight excluding hydrogens is 486 g/mol. The molecule has 4 atom stereocenters. The zero-order chi connectivity index (χ0) is 25.3. The molecule has 2 fully saturated rings. The molecule has 2 aliphatic carbocycles. The number of aryl methyl sites for hydroxylation is 3.